The first kappa shape index (κ1) is 12.8. The van der Waals surface area contributed by atoms with Gasteiger partial charge in [-0.3, -0.25) is 0 Å². The Kier molecular flexibility index (Phi) is 2.92. The molecule has 1 N–H and O–H groups in total. The van der Waals surface area contributed by atoms with Gasteiger partial charge in [-0.05, 0) is 74.8 Å². The zero-order valence-corrected chi connectivity index (χ0v) is 12.3. The van der Waals surface area contributed by atoms with Gasteiger partial charge in [0.1, 0.15) is 5.82 Å². The highest BCUT2D eigenvalue weighted by Gasteiger charge is 2.50. The van der Waals surface area contributed by atoms with Crippen molar-refractivity contribution in [3.05, 3.63) is 35.1 Å². The summed E-state index contributed by atoms with van der Waals surface area (Å²) in [6, 6.07) is 5.61. The number of hydrogen-bond acceptors (Lipinski definition) is 1. The summed E-state index contributed by atoms with van der Waals surface area (Å²) in [7, 11) is 0. The fourth-order valence-electron chi connectivity index (χ4n) is 5.41. The fourth-order valence-corrected chi connectivity index (χ4v) is 5.41. The Hall–Kier alpha value is -0.890. The molecule has 20 heavy (non-hydrogen) atoms. The van der Waals surface area contributed by atoms with E-state index in [-0.39, 0.29) is 5.82 Å². The van der Waals surface area contributed by atoms with Gasteiger partial charge in [0.2, 0.25) is 0 Å². The maximum absolute atomic E-state index is 14.0. The summed E-state index contributed by atoms with van der Waals surface area (Å²) in [6.45, 7) is 2.64. The molecule has 4 bridgehead atoms. The molecule has 0 atom stereocenters. The molecule has 108 valence electrons. The first-order valence-electron chi connectivity index (χ1n) is 8.12. The molecule has 0 heterocycles. The van der Waals surface area contributed by atoms with Crippen LogP contribution in [-0.2, 0) is 6.54 Å². The van der Waals surface area contributed by atoms with Crippen LogP contribution >= 0.6 is 0 Å². The van der Waals surface area contributed by atoms with Crippen LogP contribution in [0.5, 0.6) is 0 Å². The molecule has 4 aliphatic rings. The molecule has 1 aromatic carbocycles. The summed E-state index contributed by atoms with van der Waals surface area (Å²) >= 11 is 0. The summed E-state index contributed by atoms with van der Waals surface area (Å²) < 4.78 is 14.0. The van der Waals surface area contributed by atoms with Gasteiger partial charge >= 0.3 is 0 Å². The molecule has 4 fully saturated rings. The highest BCUT2D eigenvalue weighted by Crippen LogP contribution is 2.55. The minimum absolute atomic E-state index is 0.0535. The quantitative estimate of drug-likeness (QED) is 0.870. The minimum Gasteiger partial charge on any atom is -0.307 e. The van der Waals surface area contributed by atoms with Crippen LogP contribution in [0.15, 0.2) is 18.2 Å². The molecule has 1 nitrogen and oxygen atoms in total. The SMILES string of the molecule is Cc1ccc(CNC23CC4CC(CC(C4)C2)C3)c(F)c1. The average Bonchev–Trinajstić information content (AvgIpc) is 2.36. The third-order valence-corrected chi connectivity index (χ3v) is 5.90. The lowest BCUT2D eigenvalue weighted by molar-refractivity contribution is -0.0207. The average molecular weight is 273 g/mol. The summed E-state index contributed by atoms with van der Waals surface area (Å²) in [5.74, 6) is 2.77. The van der Waals surface area contributed by atoms with Crippen molar-refractivity contribution in [2.24, 2.45) is 17.8 Å². The molecule has 2 heteroatoms. The monoisotopic (exact) mass is 273 g/mol. The molecule has 4 saturated carbocycles. The smallest absolute Gasteiger partial charge is 0.127 e. The van der Waals surface area contributed by atoms with Gasteiger partial charge in [-0.1, -0.05) is 12.1 Å². The number of rotatable bonds is 3. The molecule has 1 aromatic rings. The van der Waals surface area contributed by atoms with E-state index in [2.05, 4.69) is 5.32 Å². The highest BCUT2D eigenvalue weighted by molar-refractivity contribution is 5.23. The second-order valence-electron chi connectivity index (χ2n) is 7.65. The van der Waals surface area contributed by atoms with Crippen LogP contribution < -0.4 is 5.32 Å². The Labute approximate surface area is 121 Å². The largest absolute Gasteiger partial charge is 0.307 e. The third-order valence-electron chi connectivity index (χ3n) is 5.90. The standard InChI is InChI=1S/C18H24FN/c1-12-2-3-16(17(19)4-12)11-20-18-8-13-5-14(9-18)7-15(6-13)10-18/h2-4,13-15,20H,5-11H2,1H3. The third kappa shape index (κ3) is 2.18. The van der Waals surface area contributed by atoms with E-state index in [0.29, 0.717) is 12.1 Å². The number of benzene rings is 1. The molecule has 5 rings (SSSR count). The van der Waals surface area contributed by atoms with E-state index in [1.165, 1.54) is 38.5 Å². The summed E-state index contributed by atoms with van der Waals surface area (Å²) in [5.41, 5.74) is 2.15. The van der Waals surface area contributed by atoms with Crippen LogP contribution in [0.3, 0.4) is 0 Å². The molecule has 0 spiro atoms. The van der Waals surface area contributed by atoms with Crippen molar-refractivity contribution in [2.45, 2.75) is 57.5 Å². The van der Waals surface area contributed by atoms with Crippen molar-refractivity contribution in [2.75, 3.05) is 0 Å². The van der Waals surface area contributed by atoms with E-state index in [1.54, 1.807) is 6.07 Å². The van der Waals surface area contributed by atoms with Gasteiger partial charge in [0.25, 0.3) is 0 Å². The number of hydrogen-bond donors (Lipinski definition) is 1. The molecular weight excluding hydrogens is 249 g/mol. The Balaban J connectivity index is 1.49. The lowest BCUT2D eigenvalue weighted by Gasteiger charge is -2.57. The number of halogens is 1. The molecule has 0 amide bonds. The number of nitrogens with one attached hydrogen (secondary N) is 1. The van der Waals surface area contributed by atoms with Crippen LogP contribution in [0, 0.1) is 30.5 Å². The molecular formula is C18H24FN. The molecule has 4 aliphatic carbocycles. The second-order valence-corrected chi connectivity index (χ2v) is 7.65. The van der Waals surface area contributed by atoms with Crippen molar-refractivity contribution in [3.63, 3.8) is 0 Å². The van der Waals surface area contributed by atoms with Crippen LogP contribution in [-0.4, -0.2) is 5.54 Å². The predicted octanol–water partition coefficient (Wildman–Crippen LogP) is 4.19. The van der Waals surface area contributed by atoms with Gasteiger partial charge in [0, 0.05) is 17.6 Å². The molecule has 0 unspecified atom stereocenters. The van der Waals surface area contributed by atoms with Crippen molar-refractivity contribution in [1.29, 1.82) is 0 Å². The van der Waals surface area contributed by atoms with Crippen LogP contribution in [0.2, 0.25) is 0 Å². The summed E-state index contributed by atoms with van der Waals surface area (Å²) in [5, 5.41) is 3.76. The van der Waals surface area contributed by atoms with Gasteiger partial charge in [0.05, 0.1) is 0 Å². The van der Waals surface area contributed by atoms with E-state index in [1.807, 2.05) is 19.1 Å². The highest BCUT2D eigenvalue weighted by atomic mass is 19.1. The first-order chi connectivity index (χ1) is 9.62. The zero-order valence-electron chi connectivity index (χ0n) is 12.3. The second kappa shape index (κ2) is 4.56. The van der Waals surface area contributed by atoms with Crippen molar-refractivity contribution >= 4 is 0 Å². The van der Waals surface area contributed by atoms with Gasteiger partial charge in [-0.25, -0.2) is 4.39 Å². The maximum atomic E-state index is 14.0. The lowest BCUT2D eigenvalue weighted by atomic mass is 9.53. The number of aryl methyl sites for hydroxylation is 1. The summed E-state index contributed by atoms with van der Waals surface area (Å²) in [6.07, 6.45) is 8.35. The zero-order chi connectivity index (χ0) is 13.7. The van der Waals surface area contributed by atoms with Crippen molar-refractivity contribution in [3.8, 4) is 0 Å². The molecule has 0 saturated heterocycles. The minimum atomic E-state index is -0.0535. The Morgan fingerprint density at radius 1 is 1.10 bits per heavy atom. The van der Waals surface area contributed by atoms with E-state index in [9.17, 15) is 4.39 Å². The van der Waals surface area contributed by atoms with Gasteiger partial charge in [-0.2, -0.15) is 0 Å². The van der Waals surface area contributed by atoms with Gasteiger partial charge in [0.15, 0.2) is 0 Å². The molecule has 0 radical (unpaired) electrons. The Morgan fingerprint density at radius 3 is 2.25 bits per heavy atom. The summed E-state index contributed by atoms with van der Waals surface area (Å²) in [4.78, 5) is 0. The van der Waals surface area contributed by atoms with E-state index in [4.69, 9.17) is 0 Å². The van der Waals surface area contributed by atoms with Crippen LogP contribution in [0.25, 0.3) is 0 Å². The van der Waals surface area contributed by atoms with Gasteiger partial charge < -0.3 is 5.32 Å². The van der Waals surface area contributed by atoms with Gasteiger partial charge in [-0.15, -0.1) is 0 Å². The topological polar surface area (TPSA) is 12.0 Å². The first-order valence-corrected chi connectivity index (χ1v) is 8.12. The fraction of sp³-hybridized carbons (Fsp3) is 0.667. The van der Waals surface area contributed by atoms with E-state index in [0.717, 1.165) is 28.9 Å². The normalized spacial score (nSPS) is 38.4. The maximum Gasteiger partial charge on any atom is 0.127 e. The molecule has 0 aliphatic heterocycles. The van der Waals surface area contributed by atoms with Crippen LogP contribution in [0.4, 0.5) is 4.39 Å². The van der Waals surface area contributed by atoms with Crippen LogP contribution in [0.1, 0.15) is 49.7 Å². The Morgan fingerprint density at radius 2 is 1.70 bits per heavy atom. The van der Waals surface area contributed by atoms with E-state index >= 15 is 0 Å². The molecule has 0 aromatic heterocycles. The predicted molar refractivity (Wildman–Crippen MR) is 78.9 cm³/mol. The van der Waals surface area contributed by atoms with Crippen molar-refractivity contribution in [1.82, 2.24) is 5.32 Å². The lowest BCUT2D eigenvalue weighted by Crippen LogP contribution is -2.58. The van der Waals surface area contributed by atoms with Crippen molar-refractivity contribution < 1.29 is 4.39 Å². The van der Waals surface area contributed by atoms with E-state index < -0.39 is 0 Å². The Bertz CT molecular complexity index is 487.